The molecule has 1 N–H and O–H groups in total. The Hall–Kier alpha value is -0.550. The van der Waals surface area contributed by atoms with Crippen molar-refractivity contribution in [2.75, 3.05) is 18.6 Å². The van der Waals surface area contributed by atoms with Gasteiger partial charge in [0.1, 0.15) is 4.60 Å². The van der Waals surface area contributed by atoms with Crippen molar-refractivity contribution in [1.29, 1.82) is 0 Å². The average Bonchev–Trinajstić information content (AvgIpc) is 2.18. The van der Waals surface area contributed by atoms with E-state index in [2.05, 4.69) is 26.2 Å². The van der Waals surface area contributed by atoms with Crippen molar-refractivity contribution >= 4 is 33.6 Å². The number of pyridine rings is 1. The molecule has 0 spiro atoms. The third-order valence-corrected chi connectivity index (χ3v) is 2.84. The predicted octanol–water partition coefficient (Wildman–Crippen LogP) is 1.94. The number of amides is 1. The standard InChI is InChI=1S/C9H11BrN2OS/c1-14-6-5-12-9(13)7-3-2-4-11-8(7)10/h2-4H,5-6H2,1H3,(H,12,13). The second-order valence-electron chi connectivity index (χ2n) is 2.59. The lowest BCUT2D eigenvalue weighted by Gasteiger charge is -2.04. The summed E-state index contributed by atoms with van der Waals surface area (Å²) in [5.74, 6) is 0.836. The third-order valence-electron chi connectivity index (χ3n) is 1.60. The molecule has 0 atom stereocenters. The number of halogens is 1. The molecule has 0 aromatic carbocycles. The van der Waals surface area contributed by atoms with Crippen LogP contribution in [0.25, 0.3) is 0 Å². The normalized spacial score (nSPS) is 9.86. The molecule has 1 amide bonds. The molecule has 14 heavy (non-hydrogen) atoms. The molecule has 0 radical (unpaired) electrons. The van der Waals surface area contributed by atoms with Gasteiger partial charge in [0, 0.05) is 18.5 Å². The Bertz CT molecular complexity index is 319. The van der Waals surface area contributed by atoms with Gasteiger partial charge in [-0.05, 0) is 34.3 Å². The Morgan fingerprint density at radius 2 is 2.50 bits per heavy atom. The Labute approximate surface area is 95.8 Å². The second-order valence-corrected chi connectivity index (χ2v) is 4.33. The lowest BCUT2D eigenvalue weighted by Crippen LogP contribution is -2.26. The van der Waals surface area contributed by atoms with Gasteiger partial charge < -0.3 is 5.32 Å². The molecule has 1 rings (SSSR count). The molecule has 0 saturated heterocycles. The molecule has 0 bridgehead atoms. The van der Waals surface area contributed by atoms with Gasteiger partial charge in [-0.25, -0.2) is 4.98 Å². The minimum absolute atomic E-state index is 0.0842. The molecular formula is C9H11BrN2OS. The van der Waals surface area contributed by atoms with Crippen molar-refractivity contribution in [3.05, 3.63) is 28.5 Å². The van der Waals surface area contributed by atoms with Crippen LogP contribution in [0.1, 0.15) is 10.4 Å². The molecule has 0 fully saturated rings. The van der Waals surface area contributed by atoms with Crippen LogP contribution in [0.15, 0.2) is 22.9 Å². The van der Waals surface area contributed by atoms with E-state index in [4.69, 9.17) is 0 Å². The van der Waals surface area contributed by atoms with E-state index in [1.807, 2.05) is 6.26 Å². The van der Waals surface area contributed by atoms with Crippen molar-refractivity contribution in [2.24, 2.45) is 0 Å². The molecule has 1 heterocycles. The van der Waals surface area contributed by atoms with E-state index in [1.54, 1.807) is 30.1 Å². The Balaban J connectivity index is 2.56. The highest BCUT2D eigenvalue weighted by atomic mass is 79.9. The van der Waals surface area contributed by atoms with E-state index >= 15 is 0 Å². The summed E-state index contributed by atoms with van der Waals surface area (Å²) < 4.78 is 0.585. The number of carbonyl (C=O) groups excluding carboxylic acids is 1. The largest absolute Gasteiger partial charge is 0.351 e. The first-order valence-corrected chi connectivity index (χ1v) is 6.32. The van der Waals surface area contributed by atoms with Gasteiger partial charge in [-0.3, -0.25) is 4.79 Å². The third kappa shape index (κ3) is 3.31. The van der Waals surface area contributed by atoms with Crippen LogP contribution in [0.2, 0.25) is 0 Å². The van der Waals surface area contributed by atoms with Gasteiger partial charge in [0.25, 0.3) is 5.91 Å². The predicted molar refractivity (Wildman–Crippen MR) is 62.7 cm³/mol. The van der Waals surface area contributed by atoms with Crippen LogP contribution in [0.5, 0.6) is 0 Å². The minimum atomic E-state index is -0.0842. The molecule has 1 aromatic heterocycles. The van der Waals surface area contributed by atoms with Crippen molar-refractivity contribution in [3.8, 4) is 0 Å². The first kappa shape index (κ1) is 11.5. The van der Waals surface area contributed by atoms with Crippen molar-refractivity contribution in [2.45, 2.75) is 0 Å². The Kier molecular flexibility index (Phi) is 4.97. The first-order chi connectivity index (χ1) is 6.75. The van der Waals surface area contributed by atoms with E-state index in [-0.39, 0.29) is 5.91 Å². The number of carbonyl (C=O) groups is 1. The maximum absolute atomic E-state index is 11.5. The van der Waals surface area contributed by atoms with Crippen molar-refractivity contribution in [1.82, 2.24) is 10.3 Å². The van der Waals surface area contributed by atoms with E-state index in [1.165, 1.54) is 0 Å². The monoisotopic (exact) mass is 274 g/mol. The summed E-state index contributed by atoms with van der Waals surface area (Å²) >= 11 is 4.93. The molecule has 1 aromatic rings. The lowest BCUT2D eigenvalue weighted by atomic mass is 10.3. The van der Waals surface area contributed by atoms with E-state index in [0.717, 1.165) is 5.75 Å². The number of nitrogens with zero attached hydrogens (tertiary/aromatic N) is 1. The molecule has 5 heteroatoms. The molecular weight excluding hydrogens is 264 g/mol. The van der Waals surface area contributed by atoms with Gasteiger partial charge in [-0.15, -0.1) is 0 Å². The zero-order valence-corrected chi connectivity index (χ0v) is 10.2. The van der Waals surface area contributed by atoms with Gasteiger partial charge in [0.05, 0.1) is 5.56 Å². The number of hydrogen-bond donors (Lipinski definition) is 1. The maximum atomic E-state index is 11.5. The number of nitrogens with one attached hydrogen (secondary N) is 1. The summed E-state index contributed by atoms with van der Waals surface area (Å²) in [4.78, 5) is 15.5. The zero-order valence-electron chi connectivity index (χ0n) is 7.79. The molecule has 0 aliphatic carbocycles. The summed E-state index contributed by atoms with van der Waals surface area (Å²) in [5.41, 5.74) is 0.577. The van der Waals surface area contributed by atoms with Gasteiger partial charge in [0.2, 0.25) is 0 Å². The number of aromatic nitrogens is 1. The zero-order chi connectivity index (χ0) is 10.4. The highest BCUT2D eigenvalue weighted by molar-refractivity contribution is 9.10. The highest BCUT2D eigenvalue weighted by Crippen LogP contribution is 2.11. The molecule has 0 saturated carbocycles. The average molecular weight is 275 g/mol. The van der Waals surface area contributed by atoms with Crippen molar-refractivity contribution < 1.29 is 4.79 Å². The van der Waals surface area contributed by atoms with Crippen molar-refractivity contribution in [3.63, 3.8) is 0 Å². The van der Waals surface area contributed by atoms with E-state index in [0.29, 0.717) is 16.7 Å². The fourth-order valence-electron chi connectivity index (χ4n) is 0.917. The van der Waals surface area contributed by atoms with Crippen LogP contribution in [0.4, 0.5) is 0 Å². The topological polar surface area (TPSA) is 42.0 Å². The lowest BCUT2D eigenvalue weighted by molar-refractivity contribution is 0.0955. The van der Waals surface area contributed by atoms with E-state index in [9.17, 15) is 4.79 Å². The van der Waals surface area contributed by atoms with Crippen LogP contribution in [-0.4, -0.2) is 29.4 Å². The maximum Gasteiger partial charge on any atom is 0.254 e. The number of rotatable bonds is 4. The summed E-state index contributed by atoms with van der Waals surface area (Å²) in [6, 6.07) is 3.49. The van der Waals surface area contributed by atoms with Crippen LogP contribution < -0.4 is 5.32 Å². The van der Waals surface area contributed by atoms with Crippen LogP contribution in [0, 0.1) is 0 Å². The summed E-state index contributed by atoms with van der Waals surface area (Å²) in [7, 11) is 0. The summed E-state index contributed by atoms with van der Waals surface area (Å²) in [6.07, 6.45) is 3.65. The number of thioether (sulfide) groups is 1. The Morgan fingerprint density at radius 3 is 3.14 bits per heavy atom. The fourth-order valence-corrected chi connectivity index (χ4v) is 1.65. The quantitative estimate of drug-likeness (QED) is 0.674. The first-order valence-electron chi connectivity index (χ1n) is 4.13. The van der Waals surface area contributed by atoms with Gasteiger partial charge >= 0.3 is 0 Å². The molecule has 0 aliphatic rings. The highest BCUT2D eigenvalue weighted by Gasteiger charge is 2.08. The minimum Gasteiger partial charge on any atom is -0.351 e. The van der Waals surface area contributed by atoms with E-state index < -0.39 is 0 Å². The van der Waals surface area contributed by atoms with Crippen LogP contribution >= 0.6 is 27.7 Å². The molecule has 76 valence electrons. The molecule has 3 nitrogen and oxygen atoms in total. The van der Waals surface area contributed by atoms with Gasteiger partial charge in [-0.2, -0.15) is 11.8 Å². The van der Waals surface area contributed by atoms with Crippen LogP contribution in [-0.2, 0) is 0 Å². The van der Waals surface area contributed by atoms with Gasteiger partial charge in [0.15, 0.2) is 0 Å². The molecule has 0 unspecified atom stereocenters. The van der Waals surface area contributed by atoms with Gasteiger partial charge in [-0.1, -0.05) is 0 Å². The number of hydrogen-bond acceptors (Lipinski definition) is 3. The second kappa shape index (κ2) is 6.03. The SMILES string of the molecule is CSCCNC(=O)c1cccnc1Br. The molecule has 0 aliphatic heterocycles. The van der Waals surface area contributed by atoms with Crippen LogP contribution in [0.3, 0.4) is 0 Å². The summed E-state index contributed by atoms with van der Waals surface area (Å²) in [6.45, 7) is 0.682. The Morgan fingerprint density at radius 1 is 1.71 bits per heavy atom. The smallest absolute Gasteiger partial charge is 0.254 e. The summed E-state index contributed by atoms with van der Waals surface area (Å²) in [5, 5.41) is 2.81. The fraction of sp³-hybridized carbons (Fsp3) is 0.333.